The van der Waals surface area contributed by atoms with E-state index in [1.165, 1.54) is 32.5 Å². The van der Waals surface area contributed by atoms with E-state index in [-0.39, 0.29) is 6.10 Å². The summed E-state index contributed by atoms with van der Waals surface area (Å²) in [6.45, 7) is 11.0. The second-order valence-corrected chi connectivity index (χ2v) is 4.56. The van der Waals surface area contributed by atoms with E-state index in [1.807, 2.05) is 6.92 Å². The highest BCUT2D eigenvalue weighted by Gasteiger charge is 2.15. The van der Waals surface area contributed by atoms with E-state index in [1.54, 1.807) is 0 Å². The van der Waals surface area contributed by atoms with E-state index in [9.17, 15) is 5.11 Å². The maximum absolute atomic E-state index is 9.62. The molecule has 0 amide bonds. The summed E-state index contributed by atoms with van der Waals surface area (Å²) in [4.78, 5) is 4.95. The van der Waals surface area contributed by atoms with Crippen LogP contribution < -0.4 is 0 Å². The number of nitrogens with zero attached hydrogens (tertiary/aromatic N) is 2. The molecule has 0 spiro atoms. The molecule has 1 rings (SSSR count). The lowest BCUT2D eigenvalue weighted by molar-refractivity contribution is 0.111. The van der Waals surface area contributed by atoms with Crippen molar-refractivity contribution in [2.75, 3.05) is 39.3 Å². The molecule has 1 N–H and O–H groups in total. The number of hydrogen-bond acceptors (Lipinski definition) is 3. The molecule has 0 aromatic rings. The molecule has 1 heterocycles. The Balaban J connectivity index is 2.26. The van der Waals surface area contributed by atoms with Crippen LogP contribution in [0.4, 0.5) is 0 Å². The minimum Gasteiger partial charge on any atom is -0.392 e. The number of β-amino-alcohol motifs (C(OH)–C–C–N with tert-alkyl or cyclic N) is 1. The standard InChI is InChI=1S/C12H26N2O/c1-3-6-13-7-5-8-14(10-9-13)11-12(15)4-2/h12,15H,3-11H2,1-2H3/t12-/m1/s1. The fourth-order valence-corrected chi connectivity index (χ4v) is 2.17. The summed E-state index contributed by atoms with van der Waals surface area (Å²) in [6, 6.07) is 0. The highest BCUT2D eigenvalue weighted by atomic mass is 16.3. The lowest BCUT2D eigenvalue weighted by Crippen LogP contribution is -2.35. The highest BCUT2D eigenvalue weighted by molar-refractivity contribution is 4.71. The maximum Gasteiger partial charge on any atom is 0.0664 e. The van der Waals surface area contributed by atoms with Crippen LogP contribution in [0.1, 0.15) is 33.1 Å². The summed E-state index contributed by atoms with van der Waals surface area (Å²) in [5.74, 6) is 0. The smallest absolute Gasteiger partial charge is 0.0664 e. The number of aliphatic hydroxyl groups excluding tert-OH is 1. The molecule has 1 aliphatic rings. The first-order valence-electron chi connectivity index (χ1n) is 6.39. The SMILES string of the molecule is CCCN1CCCN(C[C@H](O)CC)CC1. The molecule has 3 heteroatoms. The van der Waals surface area contributed by atoms with Crippen molar-refractivity contribution in [3.05, 3.63) is 0 Å². The first-order valence-corrected chi connectivity index (χ1v) is 6.39. The van der Waals surface area contributed by atoms with Crippen molar-refractivity contribution in [3.8, 4) is 0 Å². The van der Waals surface area contributed by atoms with Gasteiger partial charge in [0.25, 0.3) is 0 Å². The predicted molar refractivity (Wildman–Crippen MR) is 64.1 cm³/mol. The van der Waals surface area contributed by atoms with E-state index < -0.39 is 0 Å². The first-order chi connectivity index (χ1) is 7.26. The van der Waals surface area contributed by atoms with E-state index >= 15 is 0 Å². The van der Waals surface area contributed by atoms with E-state index in [0.717, 1.165) is 26.1 Å². The summed E-state index contributed by atoms with van der Waals surface area (Å²) in [7, 11) is 0. The van der Waals surface area contributed by atoms with Crippen LogP contribution in [0.25, 0.3) is 0 Å². The quantitative estimate of drug-likeness (QED) is 0.744. The van der Waals surface area contributed by atoms with E-state index in [4.69, 9.17) is 0 Å². The second kappa shape index (κ2) is 7.20. The van der Waals surface area contributed by atoms with Crippen molar-refractivity contribution in [1.82, 2.24) is 9.80 Å². The maximum atomic E-state index is 9.62. The van der Waals surface area contributed by atoms with Crippen LogP contribution in [-0.2, 0) is 0 Å². The predicted octanol–water partition coefficient (Wildman–Crippen LogP) is 1.17. The topological polar surface area (TPSA) is 26.7 Å². The molecular weight excluding hydrogens is 188 g/mol. The normalized spacial score (nSPS) is 22.6. The van der Waals surface area contributed by atoms with Gasteiger partial charge in [-0.3, -0.25) is 4.90 Å². The van der Waals surface area contributed by atoms with Gasteiger partial charge in [0.2, 0.25) is 0 Å². The molecule has 0 unspecified atom stereocenters. The van der Waals surface area contributed by atoms with Crippen molar-refractivity contribution >= 4 is 0 Å². The Bertz CT molecular complexity index is 164. The molecular formula is C12H26N2O. The van der Waals surface area contributed by atoms with Crippen LogP contribution in [-0.4, -0.2) is 60.3 Å². The molecule has 1 atom stereocenters. The Hall–Kier alpha value is -0.120. The lowest BCUT2D eigenvalue weighted by Gasteiger charge is -2.23. The third-order valence-corrected chi connectivity index (χ3v) is 3.16. The lowest BCUT2D eigenvalue weighted by atomic mass is 10.2. The van der Waals surface area contributed by atoms with Gasteiger partial charge in [-0.15, -0.1) is 0 Å². The monoisotopic (exact) mass is 214 g/mol. The fourth-order valence-electron chi connectivity index (χ4n) is 2.17. The van der Waals surface area contributed by atoms with Crippen molar-refractivity contribution in [3.63, 3.8) is 0 Å². The van der Waals surface area contributed by atoms with Gasteiger partial charge in [-0.05, 0) is 38.9 Å². The van der Waals surface area contributed by atoms with Gasteiger partial charge in [-0.1, -0.05) is 13.8 Å². The van der Waals surface area contributed by atoms with Crippen molar-refractivity contribution in [2.45, 2.75) is 39.2 Å². The summed E-state index contributed by atoms with van der Waals surface area (Å²) >= 11 is 0. The van der Waals surface area contributed by atoms with Crippen LogP contribution in [0.3, 0.4) is 0 Å². The first kappa shape index (κ1) is 12.9. The van der Waals surface area contributed by atoms with Gasteiger partial charge in [0.1, 0.15) is 0 Å². The van der Waals surface area contributed by atoms with Gasteiger partial charge in [0.15, 0.2) is 0 Å². The Labute approximate surface area is 94.1 Å². The zero-order valence-corrected chi connectivity index (χ0v) is 10.3. The molecule has 0 aromatic carbocycles. The largest absolute Gasteiger partial charge is 0.392 e. The Morgan fingerprint density at radius 1 is 1.07 bits per heavy atom. The number of hydrogen-bond donors (Lipinski definition) is 1. The van der Waals surface area contributed by atoms with Crippen molar-refractivity contribution in [2.24, 2.45) is 0 Å². The van der Waals surface area contributed by atoms with Gasteiger partial charge in [-0.2, -0.15) is 0 Å². The molecule has 0 aromatic heterocycles. The van der Waals surface area contributed by atoms with Crippen LogP contribution in [0, 0.1) is 0 Å². The molecule has 1 fully saturated rings. The zero-order chi connectivity index (χ0) is 11.1. The van der Waals surface area contributed by atoms with Crippen LogP contribution in [0.2, 0.25) is 0 Å². The highest BCUT2D eigenvalue weighted by Crippen LogP contribution is 2.05. The summed E-state index contributed by atoms with van der Waals surface area (Å²) < 4.78 is 0. The zero-order valence-electron chi connectivity index (χ0n) is 10.3. The van der Waals surface area contributed by atoms with Gasteiger partial charge in [0, 0.05) is 19.6 Å². The Kier molecular flexibility index (Phi) is 6.22. The van der Waals surface area contributed by atoms with E-state index in [2.05, 4.69) is 16.7 Å². The third-order valence-electron chi connectivity index (χ3n) is 3.16. The Morgan fingerprint density at radius 3 is 2.40 bits per heavy atom. The van der Waals surface area contributed by atoms with Crippen LogP contribution in [0.15, 0.2) is 0 Å². The third kappa shape index (κ3) is 4.96. The molecule has 3 nitrogen and oxygen atoms in total. The second-order valence-electron chi connectivity index (χ2n) is 4.56. The van der Waals surface area contributed by atoms with Crippen LogP contribution >= 0.6 is 0 Å². The van der Waals surface area contributed by atoms with Gasteiger partial charge < -0.3 is 10.0 Å². The average molecular weight is 214 g/mol. The van der Waals surface area contributed by atoms with Gasteiger partial charge in [0.05, 0.1) is 6.10 Å². The molecule has 0 saturated carbocycles. The fraction of sp³-hybridized carbons (Fsp3) is 1.00. The van der Waals surface area contributed by atoms with E-state index in [0.29, 0.717) is 0 Å². The summed E-state index contributed by atoms with van der Waals surface area (Å²) in [5.41, 5.74) is 0. The van der Waals surface area contributed by atoms with Gasteiger partial charge >= 0.3 is 0 Å². The number of aliphatic hydroxyl groups is 1. The molecule has 1 saturated heterocycles. The summed E-state index contributed by atoms with van der Waals surface area (Å²) in [5, 5.41) is 9.62. The van der Waals surface area contributed by atoms with Crippen molar-refractivity contribution < 1.29 is 5.11 Å². The molecule has 15 heavy (non-hydrogen) atoms. The molecule has 0 radical (unpaired) electrons. The van der Waals surface area contributed by atoms with Crippen molar-refractivity contribution in [1.29, 1.82) is 0 Å². The molecule has 0 bridgehead atoms. The minimum absolute atomic E-state index is 0.136. The van der Waals surface area contributed by atoms with Gasteiger partial charge in [-0.25, -0.2) is 0 Å². The minimum atomic E-state index is -0.136. The summed E-state index contributed by atoms with van der Waals surface area (Å²) in [6.07, 6.45) is 3.23. The molecule has 0 aliphatic carbocycles. The number of rotatable bonds is 5. The molecule has 1 aliphatic heterocycles. The van der Waals surface area contributed by atoms with Crippen LogP contribution in [0.5, 0.6) is 0 Å². The Morgan fingerprint density at radius 2 is 1.73 bits per heavy atom. The molecule has 90 valence electrons. The average Bonchev–Trinajstić information content (AvgIpc) is 2.45.